The summed E-state index contributed by atoms with van der Waals surface area (Å²) in [5, 5.41) is 15.5. The largest absolute Gasteiger partial charge is 0.443 e. The van der Waals surface area contributed by atoms with Crippen LogP contribution < -0.4 is 11.1 Å². The molecule has 0 radical (unpaired) electrons. The van der Waals surface area contributed by atoms with Gasteiger partial charge in [-0.1, -0.05) is 48.5 Å². The number of hydrogen-bond acceptors (Lipinski definition) is 7. The van der Waals surface area contributed by atoms with Crippen molar-refractivity contribution in [2.45, 2.75) is 143 Å². The van der Waals surface area contributed by atoms with Gasteiger partial charge in [0.2, 0.25) is 0 Å². The summed E-state index contributed by atoms with van der Waals surface area (Å²) in [6, 6.07) is 0. The molecular weight excluding hydrogens is 544 g/mol. The number of carbonyl (C=O) groups excluding carboxylic acids is 1. The number of ether oxygens (including phenoxy) is 4. The molecular formula is C35H60N2O6. The van der Waals surface area contributed by atoms with Gasteiger partial charge in [0.25, 0.3) is 0 Å². The van der Waals surface area contributed by atoms with Crippen LogP contribution in [0.5, 0.6) is 0 Å². The zero-order valence-electron chi connectivity index (χ0n) is 27.9. The molecule has 2 saturated heterocycles. The maximum absolute atomic E-state index is 12.1. The lowest BCUT2D eigenvalue weighted by molar-refractivity contribution is -0.232. The van der Waals surface area contributed by atoms with Crippen molar-refractivity contribution >= 4 is 6.09 Å². The van der Waals surface area contributed by atoms with Crippen molar-refractivity contribution in [1.82, 2.24) is 5.32 Å². The van der Waals surface area contributed by atoms with Gasteiger partial charge >= 0.3 is 6.09 Å². The van der Waals surface area contributed by atoms with E-state index in [-0.39, 0.29) is 53.4 Å². The third-order valence-corrected chi connectivity index (χ3v) is 14.1. The number of primary amides is 1. The second kappa shape index (κ2) is 11.4. The maximum atomic E-state index is 12.1. The number of morpholine rings is 1. The first kappa shape index (κ1) is 32.0. The standard InChI is InChI=1S/C33H54N2O6.C2H6/c1-18(2)27(41-29(34)37)21-8-6-20-28(39-21)26(36)25-19-7-9-22-30(3,4)23(40-24-16-35-14-15-38-24)10-11-33(22)17-32(19,33)13-12-31(20,25)5;1-2/h18-28,35-36H,6-17H2,1-5H3,(H2,34,37);1-2H3/t19?,20?,21-,22+,23+,24?,25?,26-,27-,28+,31-,32+,33?;/m1./s1. The molecule has 7 rings (SSSR count). The number of nitrogens with one attached hydrogen (secondary N) is 1. The molecule has 8 nitrogen and oxygen atoms in total. The number of carbonyl (C=O) groups is 1. The molecule has 2 aliphatic heterocycles. The molecule has 2 spiro atoms. The fraction of sp³-hybridized carbons (Fsp3) is 0.971. The summed E-state index contributed by atoms with van der Waals surface area (Å²) >= 11 is 0. The highest BCUT2D eigenvalue weighted by Gasteiger charge is 2.81. The van der Waals surface area contributed by atoms with Crippen molar-refractivity contribution in [3.05, 3.63) is 0 Å². The normalized spacial score (nSPS) is 50.0. The average molecular weight is 605 g/mol. The molecule has 13 atom stereocenters. The summed E-state index contributed by atoms with van der Waals surface area (Å²) in [5.74, 6) is 1.95. The molecule has 0 aromatic carbocycles. The average Bonchev–Trinajstić information content (AvgIpc) is 3.60. The van der Waals surface area contributed by atoms with Gasteiger partial charge in [-0.25, -0.2) is 4.79 Å². The highest BCUT2D eigenvalue weighted by Crippen LogP contribution is 2.87. The third-order valence-electron chi connectivity index (χ3n) is 14.1. The van der Waals surface area contributed by atoms with Gasteiger partial charge in [0.05, 0.1) is 31.0 Å². The van der Waals surface area contributed by atoms with Crippen molar-refractivity contribution < 1.29 is 28.8 Å². The lowest BCUT2D eigenvalue weighted by Gasteiger charge is -2.60. The zero-order valence-corrected chi connectivity index (χ0v) is 27.9. The van der Waals surface area contributed by atoms with Crippen LogP contribution in [0.15, 0.2) is 0 Å². The van der Waals surface area contributed by atoms with Gasteiger partial charge in [0, 0.05) is 13.1 Å². The molecule has 1 amide bonds. The quantitative estimate of drug-likeness (QED) is 0.372. The van der Waals surface area contributed by atoms with Crippen molar-refractivity contribution in [3.63, 3.8) is 0 Å². The minimum atomic E-state index is -0.745. The van der Waals surface area contributed by atoms with Crippen LogP contribution >= 0.6 is 0 Å². The van der Waals surface area contributed by atoms with Crippen LogP contribution in [0.3, 0.4) is 0 Å². The molecule has 5 unspecified atom stereocenters. The van der Waals surface area contributed by atoms with Crippen LogP contribution in [-0.4, -0.2) is 67.7 Å². The Morgan fingerprint density at radius 2 is 1.74 bits per heavy atom. The number of amides is 1. The number of fused-ring (bicyclic) bond motifs is 4. The lowest BCUT2D eigenvalue weighted by Crippen LogP contribution is -2.56. The molecule has 4 N–H and O–H groups in total. The minimum absolute atomic E-state index is 0.0978. The number of aliphatic hydroxyl groups is 1. The Hall–Kier alpha value is -0.930. The molecule has 43 heavy (non-hydrogen) atoms. The second-order valence-corrected chi connectivity index (χ2v) is 16.2. The van der Waals surface area contributed by atoms with Crippen LogP contribution in [0.4, 0.5) is 4.79 Å². The molecule has 0 aromatic rings. The first-order valence-corrected chi connectivity index (χ1v) is 17.7. The Balaban J connectivity index is 0.00000161. The number of nitrogens with two attached hydrogens (primary N) is 1. The molecule has 5 aliphatic carbocycles. The molecule has 2 heterocycles. The van der Waals surface area contributed by atoms with Crippen molar-refractivity contribution in [2.75, 3.05) is 19.7 Å². The molecule has 8 heteroatoms. The van der Waals surface area contributed by atoms with E-state index in [2.05, 4.69) is 26.1 Å². The van der Waals surface area contributed by atoms with Gasteiger partial charge in [0.15, 0.2) is 6.29 Å². The Kier molecular flexibility index (Phi) is 8.49. The predicted octanol–water partition coefficient (Wildman–Crippen LogP) is 5.64. The van der Waals surface area contributed by atoms with Gasteiger partial charge < -0.3 is 35.1 Å². The summed E-state index contributed by atoms with van der Waals surface area (Å²) in [6.07, 6.45) is 8.55. The van der Waals surface area contributed by atoms with Gasteiger partial charge in [0.1, 0.15) is 6.10 Å². The van der Waals surface area contributed by atoms with E-state index >= 15 is 0 Å². The minimum Gasteiger partial charge on any atom is -0.443 e. The van der Waals surface area contributed by atoms with Gasteiger partial charge in [-0.2, -0.15) is 0 Å². The van der Waals surface area contributed by atoms with Gasteiger partial charge in [-0.15, -0.1) is 0 Å². The van der Waals surface area contributed by atoms with E-state index in [1.54, 1.807) is 0 Å². The fourth-order valence-corrected chi connectivity index (χ4v) is 12.4. The SMILES string of the molecule is CC.CC(C)[C@@H](OC(N)=O)[C@H]1CCC2[C@H](O1)[C@H](O)C1C3CC[C@H]4C(C)(C)[C@@H](OC5CNCCO5)CCC45C[C@@]35CC[C@@]12C. The van der Waals surface area contributed by atoms with E-state index in [1.165, 1.54) is 38.5 Å². The monoisotopic (exact) mass is 604 g/mol. The second-order valence-electron chi connectivity index (χ2n) is 16.2. The van der Waals surface area contributed by atoms with E-state index in [9.17, 15) is 9.90 Å². The lowest BCUT2D eigenvalue weighted by atomic mass is 9.46. The Morgan fingerprint density at radius 1 is 1.00 bits per heavy atom. The summed E-state index contributed by atoms with van der Waals surface area (Å²) in [6.45, 7) is 17.9. The smallest absolute Gasteiger partial charge is 0.404 e. The topological polar surface area (TPSA) is 112 Å². The van der Waals surface area contributed by atoms with E-state index in [4.69, 9.17) is 24.7 Å². The summed E-state index contributed by atoms with van der Waals surface area (Å²) < 4.78 is 24.9. The van der Waals surface area contributed by atoms with Crippen molar-refractivity contribution in [1.29, 1.82) is 0 Å². The third kappa shape index (κ3) is 4.73. The van der Waals surface area contributed by atoms with Gasteiger partial charge in [-0.05, 0) is 109 Å². The predicted molar refractivity (Wildman–Crippen MR) is 165 cm³/mol. The molecule has 7 fully saturated rings. The van der Waals surface area contributed by atoms with Crippen LogP contribution in [0, 0.1) is 51.2 Å². The number of hydrogen-bond donors (Lipinski definition) is 3. The van der Waals surface area contributed by atoms with E-state index in [1.807, 2.05) is 27.7 Å². The molecule has 7 aliphatic rings. The zero-order chi connectivity index (χ0) is 30.9. The summed E-state index contributed by atoms with van der Waals surface area (Å²) in [4.78, 5) is 11.7. The first-order valence-electron chi connectivity index (χ1n) is 17.7. The molecule has 0 aromatic heterocycles. The highest BCUT2D eigenvalue weighted by molar-refractivity contribution is 5.64. The van der Waals surface area contributed by atoms with Crippen molar-refractivity contribution in [3.8, 4) is 0 Å². The number of rotatable bonds is 5. The Bertz CT molecular complexity index is 1030. The first-order chi connectivity index (χ1) is 20.4. The Morgan fingerprint density at radius 3 is 2.42 bits per heavy atom. The van der Waals surface area contributed by atoms with E-state index in [0.717, 1.165) is 39.0 Å². The van der Waals surface area contributed by atoms with Crippen LogP contribution in [0.25, 0.3) is 0 Å². The van der Waals surface area contributed by atoms with Gasteiger partial charge in [-0.3, -0.25) is 0 Å². The maximum Gasteiger partial charge on any atom is 0.404 e. The summed E-state index contributed by atoms with van der Waals surface area (Å²) in [7, 11) is 0. The van der Waals surface area contributed by atoms with E-state index in [0.29, 0.717) is 28.6 Å². The molecule has 246 valence electrons. The van der Waals surface area contributed by atoms with Crippen LogP contribution in [0.1, 0.15) is 106 Å². The molecule has 0 bridgehead atoms. The van der Waals surface area contributed by atoms with Crippen LogP contribution in [0.2, 0.25) is 0 Å². The van der Waals surface area contributed by atoms with E-state index < -0.39 is 12.2 Å². The Labute approximate surface area is 259 Å². The van der Waals surface area contributed by atoms with Crippen LogP contribution in [-0.2, 0) is 18.9 Å². The van der Waals surface area contributed by atoms with Crippen molar-refractivity contribution in [2.24, 2.45) is 57.0 Å². The molecule has 5 saturated carbocycles. The fourth-order valence-electron chi connectivity index (χ4n) is 12.4. The summed E-state index contributed by atoms with van der Waals surface area (Å²) in [5.41, 5.74) is 6.38. The number of aliphatic hydroxyl groups excluding tert-OH is 1. The highest BCUT2D eigenvalue weighted by atomic mass is 16.7.